The van der Waals surface area contributed by atoms with E-state index in [0.717, 1.165) is 13.1 Å². The Morgan fingerprint density at radius 2 is 2.07 bits per heavy atom. The second-order valence-corrected chi connectivity index (χ2v) is 5.18. The Kier molecular flexibility index (Phi) is 2.47. The predicted octanol–water partition coefficient (Wildman–Crippen LogP) is 2.31. The molecule has 0 radical (unpaired) electrons. The Balaban J connectivity index is 2.44. The van der Waals surface area contributed by atoms with Gasteiger partial charge in [0.05, 0.1) is 0 Å². The smallest absolute Gasteiger partial charge is 0.0439 e. The first kappa shape index (κ1) is 10.5. The molecule has 0 atom stereocenters. The molecule has 1 aliphatic heterocycles. The van der Waals surface area contributed by atoms with Crippen LogP contribution in [0.15, 0.2) is 18.2 Å². The van der Waals surface area contributed by atoms with Crippen molar-refractivity contribution in [2.45, 2.75) is 32.9 Å². The maximum atomic E-state index is 3.59. The summed E-state index contributed by atoms with van der Waals surface area (Å²) < 4.78 is 0. The van der Waals surface area contributed by atoms with E-state index in [1.54, 1.807) is 0 Å². The number of anilines is 1. The third-order valence-corrected chi connectivity index (χ3v) is 3.09. The van der Waals surface area contributed by atoms with Crippen molar-refractivity contribution in [3.05, 3.63) is 29.3 Å². The molecular weight excluding hydrogens is 184 g/mol. The van der Waals surface area contributed by atoms with Crippen LogP contribution in [0.3, 0.4) is 0 Å². The summed E-state index contributed by atoms with van der Waals surface area (Å²) in [6, 6.07) is 6.54. The minimum absolute atomic E-state index is 0.181. The van der Waals surface area contributed by atoms with E-state index in [9.17, 15) is 0 Å². The molecule has 2 rings (SSSR count). The maximum absolute atomic E-state index is 3.59. The summed E-state index contributed by atoms with van der Waals surface area (Å²) in [5, 5.41) is 3.59. The van der Waals surface area contributed by atoms with Gasteiger partial charge in [0, 0.05) is 31.4 Å². The first-order valence-corrected chi connectivity index (χ1v) is 5.54. The van der Waals surface area contributed by atoms with Crippen molar-refractivity contribution in [3.8, 4) is 0 Å². The van der Waals surface area contributed by atoms with Crippen LogP contribution < -0.4 is 10.2 Å². The van der Waals surface area contributed by atoms with E-state index in [4.69, 9.17) is 0 Å². The van der Waals surface area contributed by atoms with Crippen LogP contribution in [-0.2, 0) is 6.54 Å². The van der Waals surface area contributed by atoms with Crippen molar-refractivity contribution >= 4 is 5.69 Å². The summed E-state index contributed by atoms with van der Waals surface area (Å²) in [5.74, 6) is 0. The highest BCUT2D eigenvalue weighted by atomic mass is 15.2. The number of para-hydroxylation sites is 1. The van der Waals surface area contributed by atoms with Crippen molar-refractivity contribution in [2.24, 2.45) is 0 Å². The molecule has 15 heavy (non-hydrogen) atoms. The SMILES string of the molecule is Cc1cccc2c1N(C)CC(C)(C)NC2. The average molecular weight is 204 g/mol. The maximum Gasteiger partial charge on any atom is 0.0439 e. The van der Waals surface area contributed by atoms with Crippen LogP contribution in [0.2, 0.25) is 0 Å². The number of likely N-dealkylation sites (N-methyl/N-ethyl adjacent to an activating group) is 1. The van der Waals surface area contributed by atoms with Gasteiger partial charge in [-0.15, -0.1) is 0 Å². The Morgan fingerprint density at radius 3 is 2.80 bits per heavy atom. The summed E-state index contributed by atoms with van der Waals surface area (Å²) in [4.78, 5) is 2.37. The molecule has 0 saturated heterocycles. The molecule has 1 aliphatic rings. The molecule has 2 nitrogen and oxygen atoms in total. The lowest BCUT2D eigenvalue weighted by Crippen LogP contribution is -2.45. The lowest BCUT2D eigenvalue weighted by Gasteiger charge is -2.29. The van der Waals surface area contributed by atoms with Crippen molar-refractivity contribution in [1.29, 1.82) is 0 Å². The van der Waals surface area contributed by atoms with Crippen LogP contribution in [0.5, 0.6) is 0 Å². The zero-order valence-corrected chi connectivity index (χ0v) is 10.1. The Bertz CT molecular complexity index is 369. The lowest BCUT2D eigenvalue weighted by atomic mass is 10.1. The highest BCUT2D eigenvalue weighted by Gasteiger charge is 2.25. The zero-order valence-electron chi connectivity index (χ0n) is 10.1. The van der Waals surface area contributed by atoms with Gasteiger partial charge in [0.15, 0.2) is 0 Å². The number of rotatable bonds is 0. The van der Waals surface area contributed by atoms with Gasteiger partial charge in [0.2, 0.25) is 0 Å². The quantitative estimate of drug-likeness (QED) is 0.697. The topological polar surface area (TPSA) is 15.3 Å². The normalized spacial score (nSPS) is 19.6. The summed E-state index contributed by atoms with van der Waals surface area (Å²) in [6.45, 7) is 8.71. The van der Waals surface area contributed by atoms with Gasteiger partial charge in [-0.3, -0.25) is 0 Å². The molecule has 2 heteroatoms. The van der Waals surface area contributed by atoms with Crippen molar-refractivity contribution in [1.82, 2.24) is 5.32 Å². The zero-order chi connectivity index (χ0) is 11.1. The number of nitrogens with zero attached hydrogens (tertiary/aromatic N) is 1. The minimum Gasteiger partial charge on any atom is -0.372 e. The Labute approximate surface area is 92.3 Å². The molecule has 0 spiro atoms. The average Bonchev–Trinajstić information content (AvgIpc) is 2.24. The minimum atomic E-state index is 0.181. The van der Waals surface area contributed by atoms with Gasteiger partial charge >= 0.3 is 0 Å². The van der Waals surface area contributed by atoms with Crippen LogP contribution in [0.1, 0.15) is 25.0 Å². The van der Waals surface area contributed by atoms with Crippen LogP contribution in [-0.4, -0.2) is 19.1 Å². The van der Waals surface area contributed by atoms with Crippen LogP contribution >= 0.6 is 0 Å². The summed E-state index contributed by atoms with van der Waals surface area (Å²) in [7, 11) is 2.18. The molecule has 1 aromatic rings. The number of hydrogen-bond donors (Lipinski definition) is 1. The molecule has 0 bridgehead atoms. The summed E-state index contributed by atoms with van der Waals surface area (Å²) in [5.41, 5.74) is 4.35. The van der Waals surface area contributed by atoms with E-state index < -0.39 is 0 Å². The monoisotopic (exact) mass is 204 g/mol. The summed E-state index contributed by atoms with van der Waals surface area (Å²) in [6.07, 6.45) is 0. The molecule has 1 N–H and O–H groups in total. The molecule has 0 amide bonds. The molecule has 1 aromatic carbocycles. The molecule has 1 heterocycles. The van der Waals surface area contributed by atoms with Gasteiger partial charge in [0.1, 0.15) is 0 Å². The lowest BCUT2D eigenvalue weighted by molar-refractivity contribution is 0.401. The number of nitrogens with one attached hydrogen (secondary N) is 1. The Hall–Kier alpha value is -1.02. The van der Waals surface area contributed by atoms with Crippen molar-refractivity contribution < 1.29 is 0 Å². The van der Waals surface area contributed by atoms with Gasteiger partial charge in [0.25, 0.3) is 0 Å². The predicted molar refractivity (Wildman–Crippen MR) is 65.4 cm³/mol. The molecule has 0 saturated carbocycles. The number of hydrogen-bond acceptors (Lipinski definition) is 2. The fourth-order valence-electron chi connectivity index (χ4n) is 2.47. The number of benzene rings is 1. The summed E-state index contributed by atoms with van der Waals surface area (Å²) >= 11 is 0. The molecule has 0 unspecified atom stereocenters. The second-order valence-electron chi connectivity index (χ2n) is 5.18. The highest BCUT2D eigenvalue weighted by Crippen LogP contribution is 2.28. The molecule has 0 aliphatic carbocycles. The van der Waals surface area contributed by atoms with E-state index >= 15 is 0 Å². The molecule has 0 aromatic heterocycles. The fraction of sp³-hybridized carbons (Fsp3) is 0.538. The molecular formula is C13H20N2. The van der Waals surface area contributed by atoms with Gasteiger partial charge in [-0.2, -0.15) is 0 Å². The highest BCUT2D eigenvalue weighted by molar-refractivity contribution is 5.59. The van der Waals surface area contributed by atoms with E-state index in [1.165, 1.54) is 16.8 Å². The third-order valence-electron chi connectivity index (χ3n) is 3.09. The van der Waals surface area contributed by atoms with Gasteiger partial charge in [-0.05, 0) is 31.9 Å². The number of fused-ring (bicyclic) bond motifs is 1. The first-order chi connectivity index (χ1) is 6.99. The van der Waals surface area contributed by atoms with Crippen molar-refractivity contribution in [3.63, 3.8) is 0 Å². The van der Waals surface area contributed by atoms with Gasteiger partial charge < -0.3 is 10.2 Å². The van der Waals surface area contributed by atoms with Crippen LogP contribution in [0.25, 0.3) is 0 Å². The number of aryl methyl sites for hydroxylation is 1. The van der Waals surface area contributed by atoms with Gasteiger partial charge in [-0.25, -0.2) is 0 Å². The Morgan fingerprint density at radius 1 is 1.33 bits per heavy atom. The van der Waals surface area contributed by atoms with Gasteiger partial charge in [-0.1, -0.05) is 18.2 Å². The van der Waals surface area contributed by atoms with Crippen LogP contribution in [0, 0.1) is 6.92 Å². The van der Waals surface area contributed by atoms with E-state index in [2.05, 4.69) is 56.2 Å². The van der Waals surface area contributed by atoms with Crippen molar-refractivity contribution in [2.75, 3.05) is 18.5 Å². The standard InChI is InChI=1S/C13H20N2/c1-10-6-5-7-11-8-14-13(2,3)9-15(4)12(10)11/h5-7,14H,8-9H2,1-4H3. The fourth-order valence-corrected chi connectivity index (χ4v) is 2.47. The van der Waals surface area contributed by atoms with E-state index in [1.807, 2.05) is 0 Å². The van der Waals surface area contributed by atoms with E-state index in [0.29, 0.717) is 0 Å². The first-order valence-electron chi connectivity index (χ1n) is 5.54. The second kappa shape index (κ2) is 3.53. The van der Waals surface area contributed by atoms with E-state index in [-0.39, 0.29) is 5.54 Å². The molecule has 82 valence electrons. The van der Waals surface area contributed by atoms with Crippen LogP contribution in [0.4, 0.5) is 5.69 Å². The molecule has 0 fully saturated rings. The largest absolute Gasteiger partial charge is 0.372 e. The third kappa shape index (κ3) is 2.00.